The van der Waals surface area contributed by atoms with Gasteiger partial charge in [0, 0.05) is 11.8 Å². The van der Waals surface area contributed by atoms with Crippen molar-refractivity contribution in [3.8, 4) is 0 Å². The maximum atomic E-state index is 9.67. The van der Waals surface area contributed by atoms with Gasteiger partial charge in [-0.1, -0.05) is 44.6 Å². The van der Waals surface area contributed by atoms with Crippen LogP contribution in [0.3, 0.4) is 0 Å². The van der Waals surface area contributed by atoms with Crippen molar-refractivity contribution in [3.63, 3.8) is 0 Å². The Morgan fingerprint density at radius 2 is 2.18 bits per heavy atom. The third-order valence-corrected chi connectivity index (χ3v) is 4.23. The molecule has 1 N–H and O–H groups in total. The summed E-state index contributed by atoms with van der Waals surface area (Å²) in [6.45, 7) is 11.0. The van der Waals surface area contributed by atoms with Crippen molar-refractivity contribution >= 4 is 0 Å². The van der Waals surface area contributed by atoms with Gasteiger partial charge in [0.1, 0.15) is 0 Å². The first-order valence-electron chi connectivity index (χ1n) is 6.91. The summed E-state index contributed by atoms with van der Waals surface area (Å²) < 4.78 is 0. The second-order valence-electron chi connectivity index (χ2n) is 6.15. The van der Waals surface area contributed by atoms with Crippen LogP contribution in [-0.4, -0.2) is 11.2 Å². The molecule has 0 radical (unpaired) electrons. The Morgan fingerprint density at radius 1 is 1.53 bits per heavy atom. The zero-order chi connectivity index (χ0) is 13.1. The molecule has 0 aromatic heterocycles. The van der Waals surface area contributed by atoms with E-state index in [-0.39, 0.29) is 6.10 Å². The van der Waals surface area contributed by atoms with Crippen LogP contribution in [0.25, 0.3) is 0 Å². The molecule has 3 unspecified atom stereocenters. The fourth-order valence-electron chi connectivity index (χ4n) is 2.87. The molecule has 1 aliphatic carbocycles. The summed E-state index contributed by atoms with van der Waals surface area (Å²) in [6.07, 6.45) is 10.1. The predicted octanol–water partition coefficient (Wildman–Crippen LogP) is 4.33. The second kappa shape index (κ2) is 5.86. The number of hydrogen-bond acceptors (Lipinski definition) is 1. The number of rotatable bonds is 4. The van der Waals surface area contributed by atoms with E-state index in [2.05, 4.69) is 45.9 Å². The van der Waals surface area contributed by atoms with Gasteiger partial charge in [0.2, 0.25) is 0 Å². The Kier molecular flexibility index (Phi) is 5.00. The average Bonchev–Trinajstić information content (AvgIpc) is 2.21. The van der Waals surface area contributed by atoms with Crippen molar-refractivity contribution < 1.29 is 5.11 Å². The van der Waals surface area contributed by atoms with Crippen molar-refractivity contribution in [1.82, 2.24) is 0 Å². The molecule has 3 atom stereocenters. The SMILES string of the molecule is CCC(C=CC1C(C)=CCCC1(C)C)C(C)O. The van der Waals surface area contributed by atoms with Crippen LogP contribution in [-0.2, 0) is 0 Å². The van der Waals surface area contributed by atoms with Gasteiger partial charge in [-0.2, -0.15) is 0 Å². The topological polar surface area (TPSA) is 20.2 Å². The quantitative estimate of drug-likeness (QED) is 0.720. The summed E-state index contributed by atoms with van der Waals surface area (Å²) in [4.78, 5) is 0. The van der Waals surface area contributed by atoms with Crippen LogP contribution in [0.2, 0.25) is 0 Å². The van der Waals surface area contributed by atoms with Gasteiger partial charge in [0.05, 0.1) is 6.10 Å². The lowest BCUT2D eigenvalue weighted by molar-refractivity contribution is 0.146. The summed E-state index contributed by atoms with van der Waals surface area (Å²) in [7, 11) is 0. The molecule has 98 valence electrons. The highest BCUT2D eigenvalue weighted by atomic mass is 16.3. The lowest BCUT2D eigenvalue weighted by atomic mass is 9.68. The lowest BCUT2D eigenvalue weighted by Gasteiger charge is -2.37. The Balaban J connectivity index is 2.80. The van der Waals surface area contributed by atoms with Crippen molar-refractivity contribution in [3.05, 3.63) is 23.8 Å². The van der Waals surface area contributed by atoms with Gasteiger partial charge in [0.25, 0.3) is 0 Å². The molecule has 0 aliphatic heterocycles. The Morgan fingerprint density at radius 3 is 2.65 bits per heavy atom. The van der Waals surface area contributed by atoms with E-state index < -0.39 is 0 Å². The molecule has 1 rings (SSSR count). The number of aliphatic hydroxyl groups is 1. The van der Waals surface area contributed by atoms with Crippen molar-refractivity contribution in [2.45, 2.75) is 60.0 Å². The van der Waals surface area contributed by atoms with Crippen molar-refractivity contribution in [1.29, 1.82) is 0 Å². The molecule has 1 heteroatoms. The highest BCUT2D eigenvalue weighted by Gasteiger charge is 2.30. The fraction of sp³-hybridized carbons (Fsp3) is 0.750. The van der Waals surface area contributed by atoms with E-state index in [4.69, 9.17) is 0 Å². The Bertz CT molecular complexity index is 297. The molecule has 1 aliphatic rings. The molecular formula is C16H28O. The highest BCUT2D eigenvalue weighted by molar-refractivity contribution is 5.19. The molecule has 1 nitrogen and oxygen atoms in total. The maximum absolute atomic E-state index is 9.67. The minimum absolute atomic E-state index is 0.243. The van der Waals surface area contributed by atoms with E-state index in [0.717, 1.165) is 6.42 Å². The molecule has 0 spiro atoms. The van der Waals surface area contributed by atoms with Crippen molar-refractivity contribution in [2.75, 3.05) is 0 Å². The number of hydrogen-bond donors (Lipinski definition) is 1. The van der Waals surface area contributed by atoms with Crippen LogP contribution in [0.5, 0.6) is 0 Å². The molecule has 0 fully saturated rings. The maximum Gasteiger partial charge on any atom is 0.0574 e. The van der Waals surface area contributed by atoms with Crippen LogP contribution < -0.4 is 0 Å². The summed E-state index contributed by atoms with van der Waals surface area (Å²) >= 11 is 0. The summed E-state index contributed by atoms with van der Waals surface area (Å²) in [5, 5.41) is 9.67. The van der Waals surface area contributed by atoms with Crippen LogP contribution in [0, 0.1) is 17.3 Å². The highest BCUT2D eigenvalue weighted by Crippen LogP contribution is 2.41. The zero-order valence-corrected chi connectivity index (χ0v) is 12.0. The van der Waals surface area contributed by atoms with Gasteiger partial charge < -0.3 is 5.11 Å². The first-order chi connectivity index (χ1) is 7.88. The number of aliphatic hydroxyl groups excluding tert-OH is 1. The molecule has 0 aromatic rings. The van der Waals surface area contributed by atoms with Gasteiger partial charge in [-0.25, -0.2) is 0 Å². The smallest absolute Gasteiger partial charge is 0.0574 e. The van der Waals surface area contributed by atoms with Crippen molar-refractivity contribution in [2.24, 2.45) is 17.3 Å². The third-order valence-electron chi connectivity index (χ3n) is 4.23. The van der Waals surface area contributed by atoms with E-state index in [1.54, 1.807) is 0 Å². The molecule has 0 aromatic carbocycles. The first-order valence-corrected chi connectivity index (χ1v) is 6.91. The standard InChI is InChI=1S/C16H28O/c1-6-14(13(3)17)9-10-15-12(2)8-7-11-16(15,4)5/h8-10,13-15,17H,6-7,11H2,1-5H3. The van der Waals surface area contributed by atoms with E-state index in [9.17, 15) is 5.11 Å². The monoisotopic (exact) mass is 236 g/mol. The summed E-state index contributed by atoms with van der Waals surface area (Å²) in [5.74, 6) is 0.824. The summed E-state index contributed by atoms with van der Waals surface area (Å²) in [6, 6.07) is 0. The molecule has 0 bridgehead atoms. The van der Waals surface area contributed by atoms with Crippen LogP contribution in [0.4, 0.5) is 0 Å². The minimum atomic E-state index is -0.243. The van der Waals surface area contributed by atoms with Crippen LogP contribution in [0.15, 0.2) is 23.8 Å². The zero-order valence-electron chi connectivity index (χ0n) is 12.0. The number of allylic oxidation sites excluding steroid dienone is 3. The van der Waals surface area contributed by atoms with Crippen LogP contribution >= 0.6 is 0 Å². The van der Waals surface area contributed by atoms with Gasteiger partial charge >= 0.3 is 0 Å². The Hall–Kier alpha value is -0.560. The molecule has 17 heavy (non-hydrogen) atoms. The van der Waals surface area contributed by atoms with Gasteiger partial charge in [-0.3, -0.25) is 0 Å². The molecule has 0 heterocycles. The van der Waals surface area contributed by atoms with E-state index >= 15 is 0 Å². The Labute approximate surface area is 107 Å². The predicted molar refractivity (Wildman–Crippen MR) is 74.9 cm³/mol. The largest absolute Gasteiger partial charge is 0.393 e. The molecular weight excluding hydrogens is 208 g/mol. The summed E-state index contributed by atoms with van der Waals surface area (Å²) in [5.41, 5.74) is 1.84. The van der Waals surface area contributed by atoms with Crippen LogP contribution in [0.1, 0.15) is 53.9 Å². The first kappa shape index (κ1) is 14.5. The normalized spacial score (nSPS) is 27.9. The third kappa shape index (κ3) is 3.70. The minimum Gasteiger partial charge on any atom is -0.393 e. The average molecular weight is 236 g/mol. The molecule has 0 saturated heterocycles. The fourth-order valence-corrected chi connectivity index (χ4v) is 2.87. The lowest BCUT2D eigenvalue weighted by Crippen LogP contribution is -2.26. The molecule has 0 amide bonds. The second-order valence-corrected chi connectivity index (χ2v) is 6.15. The van der Waals surface area contributed by atoms with E-state index in [0.29, 0.717) is 17.3 Å². The van der Waals surface area contributed by atoms with Gasteiger partial charge in [-0.05, 0) is 38.5 Å². The van der Waals surface area contributed by atoms with Gasteiger partial charge in [-0.15, -0.1) is 0 Å². The van der Waals surface area contributed by atoms with Gasteiger partial charge in [0.15, 0.2) is 0 Å². The molecule has 0 saturated carbocycles. The van der Waals surface area contributed by atoms with E-state index in [1.807, 2.05) is 6.92 Å². The van der Waals surface area contributed by atoms with E-state index in [1.165, 1.54) is 18.4 Å².